The van der Waals surface area contributed by atoms with Crippen LogP contribution in [0, 0.1) is 18.8 Å². The molecule has 2 aromatic carbocycles. The maximum atomic E-state index is 15.0. The van der Waals surface area contributed by atoms with Crippen molar-refractivity contribution in [1.29, 1.82) is 0 Å². The summed E-state index contributed by atoms with van der Waals surface area (Å²) in [6, 6.07) is 20.9. The molecule has 3 heterocycles. The Morgan fingerprint density at radius 1 is 0.647 bits per heavy atom. The second-order valence-electron chi connectivity index (χ2n) is 14.7. The molecule has 2 atom stereocenters. The average Bonchev–Trinajstić information content (AvgIpc) is 3.93. The van der Waals surface area contributed by atoms with Gasteiger partial charge in [0.05, 0.1) is 27.4 Å². The number of carbonyl (C=O) groups excluding carboxylic acids is 2. The van der Waals surface area contributed by atoms with E-state index in [1.54, 1.807) is 11.3 Å². The Hall–Kier alpha value is -4.16. The molecule has 5 nitrogen and oxygen atoms in total. The van der Waals surface area contributed by atoms with Crippen LogP contribution in [0.2, 0.25) is 0 Å². The zero-order valence-corrected chi connectivity index (χ0v) is 32.1. The van der Waals surface area contributed by atoms with E-state index in [9.17, 15) is 0 Å². The molecule has 2 N–H and O–H groups in total. The number of unbranched alkanes of at least 4 members (excludes halogenated alkanes) is 3. The summed E-state index contributed by atoms with van der Waals surface area (Å²) >= 11 is 1.68. The number of rotatable bonds is 17. The van der Waals surface area contributed by atoms with Gasteiger partial charge in [-0.15, -0.1) is 11.3 Å². The molecule has 2 aliphatic heterocycles. The SMILES string of the molecule is CCCCCC(CC)CN1C(=O)C2=C(C3=CC=C(c4ccc(N)cc4)C3)N(CC(CC)CCCC)C(=O)C2=C1c1ccc(-c2ccc(C)cc2)s1. The highest BCUT2D eigenvalue weighted by molar-refractivity contribution is 7.16. The maximum absolute atomic E-state index is 15.0. The standard InChI is InChI=1S/C45H55N3O2S/c1-6-10-12-14-32(9-4)29-48-43(39-26-25-38(51-39)34-17-15-30(5)16-18-34)41-40(44(48)49)42(47(45(41)50)28-31(8-3)13-11-7-2)36-20-19-35(27-36)33-21-23-37(46)24-22-33/h15-26,31-32H,6-14,27-29,46H2,1-5H3. The molecule has 268 valence electrons. The van der Waals surface area contributed by atoms with Crippen molar-refractivity contribution in [3.05, 3.63) is 111 Å². The van der Waals surface area contributed by atoms with Crippen LogP contribution in [0.4, 0.5) is 5.69 Å². The van der Waals surface area contributed by atoms with Gasteiger partial charge in [0.1, 0.15) is 0 Å². The first-order chi connectivity index (χ1) is 24.8. The van der Waals surface area contributed by atoms with Crippen LogP contribution in [0.15, 0.2) is 95.2 Å². The average molecular weight is 702 g/mol. The summed E-state index contributed by atoms with van der Waals surface area (Å²) in [4.78, 5) is 36.2. The molecular weight excluding hydrogens is 647 g/mol. The van der Waals surface area contributed by atoms with Crippen LogP contribution in [-0.2, 0) is 9.59 Å². The van der Waals surface area contributed by atoms with Gasteiger partial charge in [-0.2, -0.15) is 0 Å². The summed E-state index contributed by atoms with van der Waals surface area (Å²) in [6.45, 7) is 12.3. The number of hydrogen-bond acceptors (Lipinski definition) is 4. The molecule has 51 heavy (non-hydrogen) atoms. The molecule has 6 rings (SSSR count). The normalized spacial score (nSPS) is 17.1. The van der Waals surface area contributed by atoms with E-state index in [-0.39, 0.29) is 11.8 Å². The number of amides is 2. The van der Waals surface area contributed by atoms with Crippen LogP contribution in [0.3, 0.4) is 0 Å². The number of aryl methyl sites for hydroxylation is 1. The second kappa shape index (κ2) is 16.5. The van der Waals surface area contributed by atoms with Gasteiger partial charge in [0, 0.05) is 30.1 Å². The minimum Gasteiger partial charge on any atom is -0.399 e. The van der Waals surface area contributed by atoms with Gasteiger partial charge in [-0.25, -0.2) is 0 Å². The molecule has 1 aromatic heterocycles. The Bertz CT molecular complexity index is 1860. The molecule has 0 saturated carbocycles. The quantitative estimate of drug-likeness (QED) is 0.113. The van der Waals surface area contributed by atoms with Crippen LogP contribution in [0.5, 0.6) is 0 Å². The number of nitrogens with zero attached hydrogens (tertiary/aromatic N) is 2. The van der Waals surface area contributed by atoms with Crippen molar-refractivity contribution in [2.45, 2.75) is 98.8 Å². The van der Waals surface area contributed by atoms with Crippen LogP contribution in [-0.4, -0.2) is 34.7 Å². The number of hydrogen-bond donors (Lipinski definition) is 1. The number of carbonyl (C=O) groups is 2. The lowest BCUT2D eigenvalue weighted by atomic mass is 9.96. The van der Waals surface area contributed by atoms with Gasteiger partial charge in [-0.1, -0.05) is 127 Å². The maximum Gasteiger partial charge on any atom is 0.261 e. The largest absolute Gasteiger partial charge is 0.399 e. The summed E-state index contributed by atoms with van der Waals surface area (Å²) in [5, 5.41) is 0. The van der Waals surface area contributed by atoms with Gasteiger partial charge in [-0.3, -0.25) is 9.59 Å². The van der Waals surface area contributed by atoms with E-state index in [2.05, 4.69) is 95.3 Å². The third-order valence-corrected chi connectivity index (χ3v) is 12.2. The summed E-state index contributed by atoms with van der Waals surface area (Å²) in [7, 11) is 0. The fraction of sp³-hybridized carbons (Fsp3) is 0.422. The Morgan fingerprint density at radius 3 is 1.82 bits per heavy atom. The summed E-state index contributed by atoms with van der Waals surface area (Å²) in [5.74, 6) is 0.688. The highest BCUT2D eigenvalue weighted by Gasteiger charge is 2.50. The van der Waals surface area contributed by atoms with Crippen molar-refractivity contribution in [3.63, 3.8) is 0 Å². The molecule has 3 aromatic rings. The van der Waals surface area contributed by atoms with Gasteiger partial charge in [0.2, 0.25) is 0 Å². The van der Waals surface area contributed by atoms with Crippen LogP contribution >= 0.6 is 11.3 Å². The van der Waals surface area contributed by atoms with E-state index < -0.39 is 0 Å². The Kier molecular flexibility index (Phi) is 11.8. The summed E-state index contributed by atoms with van der Waals surface area (Å²) in [6.07, 6.45) is 14.9. The van der Waals surface area contributed by atoms with E-state index in [0.717, 1.165) is 88.5 Å². The van der Waals surface area contributed by atoms with Crippen molar-refractivity contribution in [1.82, 2.24) is 9.80 Å². The van der Waals surface area contributed by atoms with Crippen molar-refractivity contribution < 1.29 is 9.59 Å². The van der Waals surface area contributed by atoms with E-state index in [1.165, 1.54) is 24.0 Å². The number of nitrogens with two attached hydrogens (primary N) is 1. The Balaban J connectivity index is 1.46. The molecule has 1 aliphatic carbocycles. The number of nitrogen functional groups attached to an aromatic ring is 1. The zero-order chi connectivity index (χ0) is 36.1. The smallest absolute Gasteiger partial charge is 0.261 e. The number of fused-ring (bicyclic) bond motifs is 1. The second-order valence-corrected chi connectivity index (χ2v) is 15.8. The van der Waals surface area contributed by atoms with Gasteiger partial charge in [-0.05, 0) is 78.1 Å². The number of benzene rings is 2. The molecular formula is C45H55N3O2S. The molecule has 0 saturated heterocycles. The van der Waals surface area contributed by atoms with Gasteiger partial charge >= 0.3 is 0 Å². The van der Waals surface area contributed by atoms with Gasteiger partial charge in [0.25, 0.3) is 11.8 Å². The monoisotopic (exact) mass is 701 g/mol. The fourth-order valence-electron chi connectivity index (χ4n) is 7.80. The van der Waals surface area contributed by atoms with E-state index in [1.807, 2.05) is 21.9 Å². The van der Waals surface area contributed by atoms with E-state index in [4.69, 9.17) is 5.73 Å². The third kappa shape index (κ3) is 7.72. The minimum atomic E-state index is -0.0213. The molecule has 2 amide bonds. The third-order valence-electron chi connectivity index (χ3n) is 11.0. The van der Waals surface area contributed by atoms with Crippen LogP contribution < -0.4 is 5.73 Å². The summed E-state index contributed by atoms with van der Waals surface area (Å²) < 4.78 is 0. The predicted molar refractivity (Wildman–Crippen MR) is 215 cm³/mol. The topological polar surface area (TPSA) is 66.6 Å². The highest BCUT2D eigenvalue weighted by Crippen LogP contribution is 2.50. The number of thiophene rings is 1. The molecule has 0 radical (unpaired) electrons. The highest BCUT2D eigenvalue weighted by atomic mass is 32.1. The lowest BCUT2D eigenvalue weighted by Crippen LogP contribution is -2.35. The molecule has 3 aliphatic rings. The van der Waals surface area contributed by atoms with Crippen molar-refractivity contribution in [3.8, 4) is 10.4 Å². The molecule has 2 unspecified atom stereocenters. The van der Waals surface area contributed by atoms with Crippen LogP contribution in [0.1, 0.15) is 108 Å². The number of anilines is 1. The summed E-state index contributed by atoms with van der Waals surface area (Å²) in [5.41, 5.74) is 15.3. The predicted octanol–water partition coefficient (Wildman–Crippen LogP) is 11.2. The fourth-order valence-corrected chi connectivity index (χ4v) is 8.87. The molecule has 0 bridgehead atoms. The van der Waals surface area contributed by atoms with Gasteiger partial charge in [0.15, 0.2) is 0 Å². The lowest BCUT2D eigenvalue weighted by molar-refractivity contribution is -0.124. The van der Waals surface area contributed by atoms with E-state index >= 15 is 9.59 Å². The van der Waals surface area contributed by atoms with Crippen molar-refractivity contribution in [2.24, 2.45) is 11.8 Å². The van der Waals surface area contributed by atoms with Crippen molar-refractivity contribution in [2.75, 3.05) is 18.8 Å². The van der Waals surface area contributed by atoms with Crippen molar-refractivity contribution >= 4 is 40.1 Å². The first kappa shape index (κ1) is 36.6. The number of allylic oxidation sites excluding steroid dienone is 4. The molecule has 0 spiro atoms. The molecule has 6 heteroatoms. The lowest BCUT2D eigenvalue weighted by Gasteiger charge is -2.29. The Morgan fingerprint density at radius 2 is 1.20 bits per heavy atom. The minimum absolute atomic E-state index is 0.0199. The van der Waals surface area contributed by atoms with E-state index in [0.29, 0.717) is 42.5 Å². The zero-order valence-electron chi connectivity index (χ0n) is 31.3. The van der Waals surface area contributed by atoms with Gasteiger partial charge < -0.3 is 15.5 Å². The first-order valence-electron chi connectivity index (χ1n) is 19.3. The van der Waals surface area contributed by atoms with Crippen LogP contribution in [0.25, 0.3) is 21.7 Å². The molecule has 0 fully saturated rings. The Labute approximate surface area is 309 Å². The first-order valence-corrected chi connectivity index (χ1v) is 20.1.